The van der Waals surface area contributed by atoms with Gasteiger partial charge in [0, 0.05) is 37.9 Å². The van der Waals surface area contributed by atoms with Crippen LogP contribution >= 0.6 is 0 Å². The van der Waals surface area contributed by atoms with E-state index in [9.17, 15) is 0 Å². The van der Waals surface area contributed by atoms with Crippen LogP contribution in [0.4, 0.5) is 0 Å². The van der Waals surface area contributed by atoms with Gasteiger partial charge in [-0.15, -0.1) is 0 Å². The first-order valence-electron chi connectivity index (χ1n) is 8.85. The lowest BCUT2D eigenvalue weighted by Gasteiger charge is -2.35. The van der Waals surface area contributed by atoms with E-state index in [1.807, 2.05) is 19.2 Å². The number of methoxy groups -OCH3 is 3. The minimum Gasteiger partial charge on any atom is -0.493 e. The average molecular weight is 357 g/mol. The van der Waals surface area contributed by atoms with Crippen LogP contribution in [-0.4, -0.2) is 57.4 Å². The van der Waals surface area contributed by atoms with Crippen LogP contribution < -0.4 is 19.5 Å². The molecule has 6 heteroatoms. The number of nitrogens with one attached hydrogen (secondary N) is 1. The third kappa shape index (κ3) is 3.61. The minimum atomic E-state index is -0.00699. The maximum atomic E-state index is 5.75. The molecule has 6 nitrogen and oxygen atoms in total. The highest BCUT2D eigenvalue weighted by molar-refractivity contribution is 5.57. The highest BCUT2D eigenvalue weighted by atomic mass is 16.5. The standard InChI is InChI=1S/C20H27N3O3/c1-14-5-7-16(22-13-14)18(23-11-9-21-10-12-23)15-6-8-17(24-2)20(26-4)19(15)25-3/h5-8,13,18,21H,9-12H2,1-4H3. The van der Waals surface area contributed by atoms with Gasteiger partial charge in [0.15, 0.2) is 11.5 Å². The Morgan fingerprint density at radius 2 is 1.69 bits per heavy atom. The van der Waals surface area contributed by atoms with Gasteiger partial charge in [-0.2, -0.15) is 0 Å². The minimum absolute atomic E-state index is 0.00699. The van der Waals surface area contributed by atoms with E-state index < -0.39 is 0 Å². The number of pyridine rings is 1. The van der Waals surface area contributed by atoms with Crippen molar-refractivity contribution >= 4 is 0 Å². The summed E-state index contributed by atoms with van der Waals surface area (Å²) in [6, 6.07) is 8.17. The summed E-state index contributed by atoms with van der Waals surface area (Å²) in [5.74, 6) is 1.96. The summed E-state index contributed by atoms with van der Waals surface area (Å²) in [5.41, 5.74) is 3.18. The van der Waals surface area contributed by atoms with Gasteiger partial charge in [-0.1, -0.05) is 6.07 Å². The summed E-state index contributed by atoms with van der Waals surface area (Å²) < 4.78 is 16.8. The molecule has 1 aromatic carbocycles. The number of piperazine rings is 1. The van der Waals surface area contributed by atoms with E-state index in [0.717, 1.165) is 43.0 Å². The Morgan fingerprint density at radius 1 is 0.962 bits per heavy atom. The number of aryl methyl sites for hydroxylation is 1. The number of rotatable bonds is 6. The molecule has 1 aliphatic rings. The molecule has 140 valence electrons. The number of hydrogen-bond acceptors (Lipinski definition) is 6. The molecule has 0 saturated carbocycles. The second-order valence-electron chi connectivity index (χ2n) is 6.37. The lowest BCUT2D eigenvalue weighted by molar-refractivity contribution is 0.191. The molecule has 1 fully saturated rings. The number of benzene rings is 1. The number of ether oxygens (including phenoxy) is 3. The van der Waals surface area contributed by atoms with Gasteiger partial charge in [-0.3, -0.25) is 9.88 Å². The maximum Gasteiger partial charge on any atom is 0.203 e. The quantitative estimate of drug-likeness (QED) is 0.857. The van der Waals surface area contributed by atoms with Crippen molar-refractivity contribution in [2.75, 3.05) is 47.5 Å². The first kappa shape index (κ1) is 18.5. The van der Waals surface area contributed by atoms with Crippen molar-refractivity contribution in [2.24, 2.45) is 0 Å². The topological polar surface area (TPSA) is 55.9 Å². The molecule has 0 amide bonds. The highest BCUT2D eigenvalue weighted by Crippen LogP contribution is 2.44. The summed E-state index contributed by atoms with van der Waals surface area (Å²) in [5, 5.41) is 3.41. The zero-order valence-corrected chi connectivity index (χ0v) is 15.9. The molecule has 2 heterocycles. The van der Waals surface area contributed by atoms with Crippen LogP contribution in [0.3, 0.4) is 0 Å². The van der Waals surface area contributed by atoms with Gasteiger partial charge in [0.2, 0.25) is 5.75 Å². The normalized spacial score (nSPS) is 16.2. The van der Waals surface area contributed by atoms with Gasteiger partial charge in [-0.25, -0.2) is 0 Å². The first-order valence-corrected chi connectivity index (χ1v) is 8.85. The van der Waals surface area contributed by atoms with E-state index in [0.29, 0.717) is 17.2 Å². The van der Waals surface area contributed by atoms with E-state index in [1.54, 1.807) is 21.3 Å². The smallest absolute Gasteiger partial charge is 0.203 e. The van der Waals surface area contributed by atoms with Crippen LogP contribution in [0.5, 0.6) is 17.2 Å². The summed E-state index contributed by atoms with van der Waals surface area (Å²) in [4.78, 5) is 7.14. The Balaban J connectivity index is 2.13. The molecule has 3 rings (SSSR count). The molecule has 1 atom stereocenters. The lowest BCUT2D eigenvalue weighted by atomic mass is 9.98. The Morgan fingerprint density at radius 3 is 2.27 bits per heavy atom. The third-order valence-corrected chi connectivity index (χ3v) is 4.76. The van der Waals surface area contributed by atoms with Gasteiger partial charge in [-0.05, 0) is 30.7 Å². The van der Waals surface area contributed by atoms with Crippen molar-refractivity contribution in [1.82, 2.24) is 15.2 Å². The Hall–Kier alpha value is -2.31. The Kier molecular flexibility index (Phi) is 5.96. The van der Waals surface area contributed by atoms with E-state index in [4.69, 9.17) is 19.2 Å². The Labute approximate surface area is 155 Å². The summed E-state index contributed by atoms with van der Waals surface area (Å²) >= 11 is 0. The first-order chi connectivity index (χ1) is 12.7. The van der Waals surface area contributed by atoms with Crippen LogP contribution in [-0.2, 0) is 0 Å². The molecule has 2 aromatic rings. The van der Waals surface area contributed by atoms with Crippen molar-refractivity contribution in [3.63, 3.8) is 0 Å². The molecule has 0 bridgehead atoms. The predicted molar refractivity (Wildman–Crippen MR) is 101 cm³/mol. The fourth-order valence-electron chi connectivity index (χ4n) is 3.46. The van der Waals surface area contributed by atoms with Crippen molar-refractivity contribution in [3.05, 3.63) is 47.3 Å². The van der Waals surface area contributed by atoms with Crippen molar-refractivity contribution in [2.45, 2.75) is 13.0 Å². The summed E-state index contributed by atoms with van der Waals surface area (Å²) in [6.07, 6.45) is 1.91. The molecule has 1 N–H and O–H groups in total. The molecule has 1 saturated heterocycles. The zero-order chi connectivity index (χ0) is 18.5. The molecule has 1 aliphatic heterocycles. The molecule has 1 unspecified atom stereocenters. The van der Waals surface area contributed by atoms with Crippen LogP contribution in [0, 0.1) is 6.92 Å². The number of hydrogen-bond donors (Lipinski definition) is 1. The fourth-order valence-corrected chi connectivity index (χ4v) is 3.46. The van der Waals surface area contributed by atoms with Gasteiger partial charge in [0.05, 0.1) is 33.1 Å². The second-order valence-corrected chi connectivity index (χ2v) is 6.37. The average Bonchev–Trinajstić information content (AvgIpc) is 2.69. The van der Waals surface area contributed by atoms with Gasteiger partial charge in [0.25, 0.3) is 0 Å². The number of aromatic nitrogens is 1. The van der Waals surface area contributed by atoms with E-state index in [-0.39, 0.29) is 6.04 Å². The lowest BCUT2D eigenvalue weighted by Crippen LogP contribution is -2.45. The van der Waals surface area contributed by atoms with E-state index >= 15 is 0 Å². The molecular formula is C20H27N3O3. The maximum absolute atomic E-state index is 5.75. The summed E-state index contributed by atoms with van der Waals surface area (Å²) in [7, 11) is 4.93. The second kappa shape index (κ2) is 8.38. The molecule has 1 aromatic heterocycles. The molecule has 0 spiro atoms. The monoisotopic (exact) mass is 357 g/mol. The highest BCUT2D eigenvalue weighted by Gasteiger charge is 2.30. The van der Waals surface area contributed by atoms with Crippen LogP contribution in [0.1, 0.15) is 22.9 Å². The van der Waals surface area contributed by atoms with Gasteiger partial charge in [0.1, 0.15) is 0 Å². The largest absolute Gasteiger partial charge is 0.493 e. The van der Waals surface area contributed by atoms with E-state index in [1.165, 1.54) is 0 Å². The van der Waals surface area contributed by atoms with Gasteiger partial charge >= 0.3 is 0 Å². The number of nitrogens with zero attached hydrogens (tertiary/aromatic N) is 2. The van der Waals surface area contributed by atoms with Crippen LogP contribution in [0.2, 0.25) is 0 Å². The molecule has 26 heavy (non-hydrogen) atoms. The molecule has 0 aliphatic carbocycles. The van der Waals surface area contributed by atoms with Gasteiger partial charge < -0.3 is 19.5 Å². The van der Waals surface area contributed by atoms with E-state index in [2.05, 4.69) is 28.4 Å². The Bertz CT molecular complexity index is 728. The van der Waals surface area contributed by atoms with Crippen LogP contribution in [0.25, 0.3) is 0 Å². The third-order valence-electron chi connectivity index (χ3n) is 4.76. The predicted octanol–water partition coefficient (Wildman–Crippen LogP) is 2.41. The summed E-state index contributed by atoms with van der Waals surface area (Å²) in [6.45, 7) is 5.85. The van der Waals surface area contributed by atoms with Crippen molar-refractivity contribution in [3.8, 4) is 17.2 Å². The SMILES string of the molecule is COc1ccc(C(c2ccc(C)cn2)N2CCNCC2)c(OC)c1OC. The zero-order valence-electron chi connectivity index (χ0n) is 15.9. The van der Waals surface area contributed by atoms with Crippen LogP contribution in [0.15, 0.2) is 30.5 Å². The van der Waals surface area contributed by atoms with Crippen molar-refractivity contribution < 1.29 is 14.2 Å². The molecular weight excluding hydrogens is 330 g/mol. The molecule has 0 radical (unpaired) electrons. The van der Waals surface area contributed by atoms with Crippen molar-refractivity contribution in [1.29, 1.82) is 0 Å². The fraction of sp³-hybridized carbons (Fsp3) is 0.450.